The van der Waals surface area contributed by atoms with Gasteiger partial charge in [-0.3, -0.25) is 0 Å². The third kappa shape index (κ3) is 7.57. The van der Waals surface area contributed by atoms with Gasteiger partial charge in [0.05, 0.1) is 6.10 Å². The van der Waals surface area contributed by atoms with Crippen molar-refractivity contribution >= 4 is 11.0 Å². The summed E-state index contributed by atoms with van der Waals surface area (Å²) < 4.78 is 10.9. The molecule has 0 bridgehead atoms. The average molecular weight is 383 g/mol. The molecule has 1 aromatic carbocycles. The van der Waals surface area contributed by atoms with E-state index in [-0.39, 0.29) is 5.63 Å². The van der Waals surface area contributed by atoms with E-state index in [9.17, 15) is 9.90 Å². The Bertz CT molecular complexity index is 927. The molecule has 1 aromatic heterocycles. The molecule has 4 heteroatoms. The molecule has 0 aliphatic heterocycles. The van der Waals surface area contributed by atoms with E-state index >= 15 is 0 Å². The van der Waals surface area contributed by atoms with Crippen LogP contribution in [0, 0.1) is 0 Å². The van der Waals surface area contributed by atoms with Crippen molar-refractivity contribution in [2.45, 2.75) is 53.1 Å². The third-order valence-electron chi connectivity index (χ3n) is 4.36. The molecule has 0 spiro atoms. The van der Waals surface area contributed by atoms with Gasteiger partial charge >= 0.3 is 5.63 Å². The number of aliphatic hydroxyl groups excluding tert-OH is 1. The van der Waals surface area contributed by atoms with Crippen molar-refractivity contribution in [3.63, 3.8) is 0 Å². The van der Waals surface area contributed by atoms with Gasteiger partial charge in [-0.25, -0.2) is 4.79 Å². The molecule has 0 aliphatic rings. The molecule has 0 radical (unpaired) electrons. The van der Waals surface area contributed by atoms with Gasteiger partial charge in [-0.15, -0.1) is 0 Å². The lowest BCUT2D eigenvalue weighted by Gasteiger charge is -2.07. The molecule has 1 unspecified atom stereocenters. The molecule has 28 heavy (non-hydrogen) atoms. The molecule has 4 nitrogen and oxygen atoms in total. The van der Waals surface area contributed by atoms with Crippen LogP contribution in [0.25, 0.3) is 11.0 Å². The Balaban J connectivity index is 1.80. The lowest BCUT2D eigenvalue weighted by molar-refractivity contribution is 0.222. The Hall–Kier alpha value is -2.59. The smallest absolute Gasteiger partial charge is 0.336 e. The predicted molar refractivity (Wildman–Crippen MR) is 115 cm³/mol. The quantitative estimate of drug-likeness (QED) is 0.455. The summed E-state index contributed by atoms with van der Waals surface area (Å²) in [7, 11) is 0. The number of allylic oxidation sites excluding steroid dienone is 3. The summed E-state index contributed by atoms with van der Waals surface area (Å²) in [5, 5.41) is 10.8. The van der Waals surface area contributed by atoms with E-state index in [1.807, 2.05) is 32.1 Å². The number of ether oxygens (including phenoxy) is 1. The standard InChI is InChI=1S/C24H30O4/c1-17(2)14-21(25)15-19(4)7-5-6-18(3)12-13-27-22-10-8-20-9-11-24(26)28-23(20)16-22/h7-12,14,16,21,25H,5-6,13,15H2,1-4H3. The number of rotatable bonds is 9. The first-order valence-corrected chi connectivity index (χ1v) is 9.64. The van der Waals surface area contributed by atoms with Crippen molar-refractivity contribution in [2.75, 3.05) is 6.61 Å². The summed E-state index contributed by atoms with van der Waals surface area (Å²) in [6.45, 7) is 8.60. The number of benzene rings is 1. The van der Waals surface area contributed by atoms with Crippen LogP contribution in [0.15, 0.2) is 74.5 Å². The van der Waals surface area contributed by atoms with E-state index in [2.05, 4.69) is 26.0 Å². The Morgan fingerprint density at radius 1 is 1.11 bits per heavy atom. The highest BCUT2D eigenvalue weighted by Gasteiger charge is 2.02. The van der Waals surface area contributed by atoms with Gasteiger partial charge in [0, 0.05) is 17.5 Å². The molecule has 0 fully saturated rings. The molecule has 1 N–H and O–H groups in total. The van der Waals surface area contributed by atoms with Crippen molar-refractivity contribution < 1.29 is 14.3 Å². The van der Waals surface area contributed by atoms with Crippen LogP contribution in [0.2, 0.25) is 0 Å². The SMILES string of the molecule is CC(C)=CC(O)CC(C)=CCCC(C)=CCOc1ccc2ccc(=O)oc2c1. The molecule has 2 aromatic rings. The van der Waals surface area contributed by atoms with Crippen LogP contribution in [-0.4, -0.2) is 17.8 Å². The highest BCUT2D eigenvalue weighted by Crippen LogP contribution is 2.19. The van der Waals surface area contributed by atoms with Crippen molar-refractivity contribution in [3.05, 3.63) is 75.7 Å². The molecule has 150 valence electrons. The fourth-order valence-electron chi connectivity index (χ4n) is 2.92. The zero-order chi connectivity index (χ0) is 20.5. The van der Waals surface area contributed by atoms with Gasteiger partial charge in [0.15, 0.2) is 0 Å². The first kappa shape index (κ1) is 21.7. The Morgan fingerprint density at radius 2 is 1.86 bits per heavy atom. The summed E-state index contributed by atoms with van der Waals surface area (Å²) >= 11 is 0. The highest BCUT2D eigenvalue weighted by molar-refractivity contribution is 5.77. The van der Waals surface area contributed by atoms with Crippen molar-refractivity contribution in [2.24, 2.45) is 0 Å². The maximum atomic E-state index is 11.3. The van der Waals surface area contributed by atoms with E-state index in [0.29, 0.717) is 24.4 Å². The average Bonchev–Trinajstić information content (AvgIpc) is 2.60. The van der Waals surface area contributed by atoms with Crippen LogP contribution in [0.4, 0.5) is 0 Å². The molecular formula is C24H30O4. The van der Waals surface area contributed by atoms with Crippen molar-refractivity contribution in [1.29, 1.82) is 0 Å². The van der Waals surface area contributed by atoms with Crippen molar-refractivity contribution in [3.8, 4) is 5.75 Å². The highest BCUT2D eigenvalue weighted by atomic mass is 16.5. The van der Waals surface area contributed by atoms with Crippen LogP contribution < -0.4 is 10.4 Å². The predicted octanol–water partition coefficient (Wildman–Crippen LogP) is 5.56. The number of hydrogen-bond donors (Lipinski definition) is 1. The normalized spacial score (nSPS) is 13.5. The first-order valence-electron chi connectivity index (χ1n) is 9.64. The molecule has 0 aliphatic carbocycles. The minimum Gasteiger partial charge on any atom is -0.489 e. The molecule has 2 rings (SSSR count). The molecular weight excluding hydrogens is 352 g/mol. The topological polar surface area (TPSA) is 59.7 Å². The Morgan fingerprint density at radius 3 is 2.61 bits per heavy atom. The molecule has 1 atom stereocenters. The van der Waals surface area contributed by atoms with Gasteiger partial charge in [-0.2, -0.15) is 0 Å². The van der Waals surface area contributed by atoms with Crippen LogP contribution in [0.1, 0.15) is 47.0 Å². The van der Waals surface area contributed by atoms with Crippen LogP contribution in [0.5, 0.6) is 5.75 Å². The first-order chi connectivity index (χ1) is 13.3. The van der Waals surface area contributed by atoms with E-state index in [1.165, 1.54) is 17.2 Å². The summed E-state index contributed by atoms with van der Waals surface area (Å²) in [6.07, 6.45) is 8.30. The Labute approximate surface area is 166 Å². The zero-order valence-corrected chi connectivity index (χ0v) is 17.2. The lowest BCUT2D eigenvalue weighted by Crippen LogP contribution is -2.03. The van der Waals surface area contributed by atoms with E-state index < -0.39 is 6.10 Å². The summed E-state index contributed by atoms with van der Waals surface area (Å²) in [5.41, 5.74) is 3.75. The molecule has 0 amide bonds. The second-order valence-electron chi connectivity index (χ2n) is 7.42. The zero-order valence-electron chi connectivity index (χ0n) is 17.2. The van der Waals surface area contributed by atoms with Crippen molar-refractivity contribution in [1.82, 2.24) is 0 Å². The van der Waals surface area contributed by atoms with Gasteiger partial charge in [-0.05, 0) is 71.2 Å². The van der Waals surface area contributed by atoms with Gasteiger partial charge in [-0.1, -0.05) is 28.9 Å². The Kier molecular flexibility index (Phi) is 8.27. The molecule has 0 saturated carbocycles. The van der Waals surface area contributed by atoms with E-state index in [1.54, 1.807) is 12.1 Å². The minimum atomic E-state index is -0.405. The minimum absolute atomic E-state index is 0.364. The van der Waals surface area contributed by atoms with E-state index in [0.717, 1.165) is 23.8 Å². The van der Waals surface area contributed by atoms with Gasteiger partial charge in [0.2, 0.25) is 0 Å². The van der Waals surface area contributed by atoms with E-state index in [4.69, 9.17) is 9.15 Å². The second-order valence-corrected chi connectivity index (χ2v) is 7.42. The van der Waals surface area contributed by atoms with Gasteiger partial charge in [0.25, 0.3) is 0 Å². The maximum absolute atomic E-state index is 11.3. The van der Waals surface area contributed by atoms with Crippen LogP contribution >= 0.6 is 0 Å². The maximum Gasteiger partial charge on any atom is 0.336 e. The molecule has 1 heterocycles. The van der Waals surface area contributed by atoms with Crippen LogP contribution in [-0.2, 0) is 0 Å². The molecule has 0 saturated heterocycles. The summed E-state index contributed by atoms with van der Waals surface area (Å²) in [5.74, 6) is 0.676. The van der Waals surface area contributed by atoms with Gasteiger partial charge in [0.1, 0.15) is 17.9 Å². The second kappa shape index (κ2) is 10.7. The third-order valence-corrected chi connectivity index (χ3v) is 4.36. The fourth-order valence-corrected chi connectivity index (χ4v) is 2.92. The largest absolute Gasteiger partial charge is 0.489 e. The number of fused-ring (bicyclic) bond motifs is 1. The monoisotopic (exact) mass is 382 g/mol. The number of hydrogen-bond acceptors (Lipinski definition) is 4. The van der Waals surface area contributed by atoms with Crippen LogP contribution in [0.3, 0.4) is 0 Å². The lowest BCUT2D eigenvalue weighted by atomic mass is 10.0. The summed E-state index contributed by atoms with van der Waals surface area (Å²) in [4.78, 5) is 11.3. The fraction of sp³-hybridized carbons (Fsp3) is 0.375. The number of aliphatic hydroxyl groups is 1. The summed E-state index contributed by atoms with van der Waals surface area (Å²) in [6, 6.07) is 8.64. The van der Waals surface area contributed by atoms with Gasteiger partial charge < -0.3 is 14.3 Å².